The standard InChI is InChI=1S/C14H23N/c1-9(2)12-6-7-13(11(5)15)14(8-12)10(3)4/h6-11H,15H2,1-5H3/t11-/m1/s1. The average molecular weight is 205 g/mol. The molecule has 0 heterocycles. The van der Waals surface area contributed by atoms with Crippen molar-refractivity contribution < 1.29 is 0 Å². The van der Waals surface area contributed by atoms with Gasteiger partial charge in [0, 0.05) is 6.04 Å². The first-order valence-electron chi connectivity index (χ1n) is 5.82. The first kappa shape index (κ1) is 12.3. The Bertz CT molecular complexity index is 324. The van der Waals surface area contributed by atoms with Gasteiger partial charge in [-0.2, -0.15) is 0 Å². The van der Waals surface area contributed by atoms with Gasteiger partial charge in [0.2, 0.25) is 0 Å². The monoisotopic (exact) mass is 205 g/mol. The van der Waals surface area contributed by atoms with Crippen molar-refractivity contribution in [2.75, 3.05) is 0 Å². The molecule has 0 saturated heterocycles. The predicted octanol–water partition coefficient (Wildman–Crippen LogP) is 3.95. The molecule has 0 amide bonds. The van der Waals surface area contributed by atoms with Crippen LogP contribution in [0, 0.1) is 0 Å². The molecule has 15 heavy (non-hydrogen) atoms. The lowest BCUT2D eigenvalue weighted by Gasteiger charge is -2.18. The maximum Gasteiger partial charge on any atom is 0.0268 e. The Morgan fingerprint density at radius 1 is 0.867 bits per heavy atom. The second kappa shape index (κ2) is 4.80. The van der Waals surface area contributed by atoms with Crippen LogP contribution in [0.15, 0.2) is 18.2 Å². The van der Waals surface area contributed by atoms with Crippen LogP contribution in [0.3, 0.4) is 0 Å². The van der Waals surface area contributed by atoms with Crippen LogP contribution in [-0.2, 0) is 0 Å². The summed E-state index contributed by atoms with van der Waals surface area (Å²) in [5.74, 6) is 1.13. The van der Waals surface area contributed by atoms with Crippen molar-refractivity contribution in [3.05, 3.63) is 34.9 Å². The Balaban J connectivity index is 3.21. The Morgan fingerprint density at radius 2 is 1.47 bits per heavy atom. The van der Waals surface area contributed by atoms with Crippen LogP contribution < -0.4 is 5.73 Å². The predicted molar refractivity (Wildman–Crippen MR) is 67.2 cm³/mol. The minimum absolute atomic E-state index is 0.128. The van der Waals surface area contributed by atoms with Crippen molar-refractivity contribution in [2.24, 2.45) is 5.73 Å². The fourth-order valence-corrected chi connectivity index (χ4v) is 1.87. The molecule has 0 unspecified atom stereocenters. The number of rotatable bonds is 3. The highest BCUT2D eigenvalue weighted by molar-refractivity contribution is 5.37. The molecule has 84 valence electrons. The normalized spacial score (nSPS) is 13.6. The Labute approximate surface area is 93.7 Å². The molecule has 1 aromatic carbocycles. The molecule has 0 aliphatic carbocycles. The minimum atomic E-state index is 0.128. The number of nitrogens with two attached hydrogens (primary N) is 1. The van der Waals surface area contributed by atoms with Gasteiger partial charge in [0.1, 0.15) is 0 Å². The van der Waals surface area contributed by atoms with E-state index in [9.17, 15) is 0 Å². The number of benzene rings is 1. The smallest absolute Gasteiger partial charge is 0.0268 e. The lowest BCUT2D eigenvalue weighted by Crippen LogP contribution is -2.10. The molecule has 0 fully saturated rings. The summed E-state index contributed by atoms with van der Waals surface area (Å²) in [7, 11) is 0. The number of hydrogen-bond donors (Lipinski definition) is 1. The van der Waals surface area contributed by atoms with Gasteiger partial charge in [0.25, 0.3) is 0 Å². The van der Waals surface area contributed by atoms with Crippen molar-refractivity contribution >= 4 is 0 Å². The molecule has 1 atom stereocenters. The van der Waals surface area contributed by atoms with E-state index in [0.717, 1.165) is 0 Å². The third-order valence-corrected chi connectivity index (χ3v) is 2.89. The maximum absolute atomic E-state index is 5.98. The van der Waals surface area contributed by atoms with Crippen molar-refractivity contribution in [1.82, 2.24) is 0 Å². The molecule has 0 radical (unpaired) electrons. The first-order valence-corrected chi connectivity index (χ1v) is 5.82. The molecule has 0 aliphatic rings. The molecular weight excluding hydrogens is 182 g/mol. The zero-order valence-electron chi connectivity index (χ0n) is 10.5. The Kier molecular flexibility index (Phi) is 3.92. The average Bonchev–Trinajstić information content (AvgIpc) is 2.16. The third-order valence-electron chi connectivity index (χ3n) is 2.89. The maximum atomic E-state index is 5.98. The van der Waals surface area contributed by atoms with Gasteiger partial charge in [-0.1, -0.05) is 45.9 Å². The van der Waals surface area contributed by atoms with E-state index in [-0.39, 0.29) is 6.04 Å². The summed E-state index contributed by atoms with van der Waals surface area (Å²) in [5, 5.41) is 0. The highest BCUT2D eigenvalue weighted by atomic mass is 14.6. The van der Waals surface area contributed by atoms with Crippen LogP contribution in [-0.4, -0.2) is 0 Å². The zero-order valence-corrected chi connectivity index (χ0v) is 10.5. The highest BCUT2D eigenvalue weighted by Crippen LogP contribution is 2.27. The van der Waals surface area contributed by atoms with E-state index in [0.29, 0.717) is 11.8 Å². The summed E-state index contributed by atoms with van der Waals surface area (Å²) in [6.45, 7) is 11.0. The molecule has 1 rings (SSSR count). The molecule has 0 spiro atoms. The second-order valence-corrected chi connectivity index (χ2v) is 4.99. The van der Waals surface area contributed by atoms with Crippen LogP contribution in [0.1, 0.15) is 69.2 Å². The Morgan fingerprint density at radius 3 is 1.87 bits per heavy atom. The van der Waals surface area contributed by atoms with Crippen molar-refractivity contribution in [3.63, 3.8) is 0 Å². The SMILES string of the molecule is CC(C)c1ccc([C@@H](C)N)c(C(C)C)c1. The van der Waals surface area contributed by atoms with Gasteiger partial charge in [0.05, 0.1) is 0 Å². The lowest BCUT2D eigenvalue weighted by molar-refractivity contribution is 0.757. The van der Waals surface area contributed by atoms with Gasteiger partial charge in [0.15, 0.2) is 0 Å². The molecule has 0 saturated carbocycles. The third kappa shape index (κ3) is 2.82. The van der Waals surface area contributed by atoms with Crippen LogP contribution in [0.2, 0.25) is 0 Å². The molecule has 1 heteroatoms. The topological polar surface area (TPSA) is 26.0 Å². The lowest BCUT2D eigenvalue weighted by atomic mass is 9.89. The summed E-state index contributed by atoms with van der Waals surface area (Å²) in [6.07, 6.45) is 0. The number of hydrogen-bond acceptors (Lipinski definition) is 1. The van der Waals surface area contributed by atoms with Crippen molar-refractivity contribution in [2.45, 2.75) is 52.5 Å². The van der Waals surface area contributed by atoms with Gasteiger partial charge in [-0.25, -0.2) is 0 Å². The van der Waals surface area contributed by atoms with E-state index in [2.05, 4.69) is 52.8 Å². The Hall–Kier alpha value is -0.820. The van der Waals surface area contributed by atoms with Crippen LogP contribution in [0.25, 0.3) is 0 Å². The summed E-state index contributed by atoms with van der Waals surface area (Å²) < 4.78 is 0. The molecule has 0 aliphatic heterocycles. The fourth-order valence-electron chi connectivity index (χ4n) is 1.87. The van der Waals surface area contributed by atoms with E-state index in [1.165, 1.54) is 16.7 Å². The van der Waals surface area contributed by atoms with Crippen molar-refractivity contribution in [1.29, 1.82) is 0 Å². The minimum Gasteiger partial charge on any atom is -0.324 e. The van der Waals surface area contributed by atoms with Gasteiger partial charge >= 0.3 is 0 Å². The van der Waals surface area contributed by atoms with E-state index in [1.807, 2.05) is 0 Å². The van der Waals surface area contributed by atoms with Gasteiger partial charge < -0.3 is 5.73 Å². The molecule has 1 aromatic rings. The van der Waals surface area contributed by atoms with Crippen LogP contribution >= 0.6 is 0 Å². The van der Waals surface area contributed by atoms with Gasteiger partial charge in [-0.15, -0.1) is 0 Å². The van der Waals surface area contributed by atoms with Crippen LogP contribution in [0.4, 0.5) is 0 Å². The zero-order chi connectivity index (χ0) is 11.6. The largest absolute Gasteiger partial charge is 0.324 e. The molecule has 0 bridgehead atoms. The summed E-state index contributed by atoms with van der Waals surface area (Å²) in [5.41, 5.74) is 10.1. The molecule has 2 N–H and O–H groups in total. The van der Waals surface area contributed by atoms with E-state index in [4.69, 9.17) is 5.73 Å². The molecule has 0 aromatic heterocycles. The second-order valence-electron chi connectivity index (χ2n) is 4.99. The summed E-state index contributed by atoms with van der Waals surface area (Å²) in [6, 6.07) is 6.84. The van der Waals surface area contributed by atoms with Gasteiger partial charge in [-0.3, -0.25) is 0 Å². The molecule has 1 nitrogen and oxygen atoms in total. The summed E-state index contributed by atoms with van der Waals surface area (Å²) >= 11 is 0. The van der Waals surface area contributed by atoms with Crippen LogP contribution in [0.5, 0.6) is 0 Å². The van der Waals surface area contributed by atoms with E-state index in [1.54, 1.807) is 0 Å². The van der Waals surface area contributed by atoms with E-state index >= 15 is 0 Å². The molecular formula is C14H23N. The quantitative estimate of drug-likeness (QED) is 0.794. The highest BCUT2D eigenvalue weighted by Gasteiger charge is 2.11. The van der Waals surface area contributed by atoms with Crippen molar-refractivity contribution in [3.8, 4) is 0 Å². The van der Waals surface area contributed by atoms with Gasteiger partial charge in [-0.05, 0) is 35.4 Å². The fraction of sp³-hybridized carbons (Fsp3) is 0.571. The summed E-state index contributed by atoms with van der Waals surface area (Å²) in [4.78, 5) is 0. The van der Waals surface area contributed by atoms with E-state index < -0.39 is 0 Å². The first-order chi connectivity index (χ1) is 6.93.